The number of benzene rings is 1. The highest BCUT2D eigenvalue weighted by molar-refractivity contribution is 5.93. The molecule has 92 valence electrons. The van der Waals surface area contributed by atoms with Crippen LogP contribution in [-0.4, -0.2) is 30.9 Å². The third-order valence-electron chi connectivity index (χ3n) is 3.42. The van der Waals surface area contributed by atoms with Gasteiger partial charge < -0.3 is 10.2 Å². The van der Waals surface area contributed by atoms with Crippen LogP contribution in [0, 0.1) is 5.92 Å². The van der Waals surface area contributed by atoms with Gasteiger partial charge in [0.05, 0.1) is 5.92 Å². The lowest BCUT2D eigenvalue weighted by Crippen LogP contribution is -2.25. The van der Waals surface area contributed by atoms with Crippen LogP contribution in [-0.2, 0) is 11.2 Å². The third-order valence-corrected chi connectivity index (χ3v) is 3.42. The van der Waals surface area contributed by atoms with Crippen molar-refractivity contribution in [1.82, 2.24) is 4.90 Å². The van der Waals surface area contributed by atoms with Gasteiger partial charge in [-0.1, -0.05) is 25.1 Å². The third kappa shape index (κ3) is 2.86. The van der Waals surface area contributed by atoms with Crippen molar-refractivity contribution in [2.45, 2.75) is 19.8 Å². The fourth-order valence-electron chi connectivity index (χ4n) is 2.33. The molecule has 1 amide bonds. The number of hydrogen-bond donors (Lipinski definition) is 1. The molecule has 1 aromatic rings. The largest absolute Gasteiger partial charge is 0.326 e. The molecule has 3 nitrogen and oxygen atoms in total. The first kappa shape index (κ1) is 12.1. The number of aryl methyl sites for hydroxylation is 1. The predicted octanol–water partition coefficient (Wildman–Crippen LogP) is 2.14. The van der Waals surface area contributed by atoms with E-state index in [9.17, 15) is 4.79 Å². The quantitative estimate of drug-likeness (QED) is 0.866. The zero-order valence-electron chi connectivity index (χ0n) is 10.6. The van der Waals surface area contributed by atoms with Gasteiger partial charge >= 0.3 is 0 Å². The number of nitrogens with zero attached hydrogens (tertiary/aromatic N) is 1. The number of para-hydroxylation sites is 1. The maximum Gasteiger partial charge on any atom is 0.228 e. The molecule has 1 aliphatic rings. The van der Waals surface area contributed by atoms with Crippen molar-refractivity contribution in [3.05, 3.63) is 29.8 Å². The molecule has 3 heteroatoms. The van der Waals surface area contributed by atoms with Crippen LogP contribution in [0.1, 0.15) is 18.9 Å². The Morgan fingerprint density at radius 2 is 2.24 bits per heavy atom. The van der Waals surface area contributed by atoms with E-state index < -0.39 is 0 Å². The van der Waals surface area contributed by atoms with Crippen molar-refractivity contribution < 1.29 is 4.79 Å². The van der Waals surface area contributed by atoms with Crippen molar-refractivity contribution in [3.8, 4) is 0 Å². The van der Waals surface area contributed by atoms with E-state index in [0.29, 0.717) is 0 Å². The van der Waals surface area contributed by atoms with Crippen LogP contribution in [0.4, 0.5) is 5.69 Å². The Kier molecular flexibility index (Phi) is 3.79. The Balaban J connectivity index is 2.03. The van der Waals surface area contributed by atoms with E-state index in [2.05, 4.69) is 30.3 Å². The van der Waals surface area contributed by atoms with Crippen LogP contribution >= 0.6 is 0 Å². The molecule has 1 aromatic carbocycles. The van der Waals surface area contributed by atoms with Gasteiger partial charge in [-0.25, -0.2) is 0 Å². The summed E-state index contributed by atoms with van der Waals surface area (Å²) in [6.45, 7) is 4.00. The van der Waals surface area contributed by atoms with Crippen LogP contribution in [0.3, 0.4) is 0 Å². The Morgan fingerprint density at radius 3 is 2.88 bits per heavy atom. The highest BCUT2D eigenvalue weighted by atomic mass is 16.1. The van der Waals surface area contributed by atoms with E-state index in [0.717, 1.165) is 31.6 Å². The topological polar surface area (TPSA) is 32.3 Å². The monoisotopic (exact) mass is 232 g/mol. The summed E-state index contributed by atoms with van der Waals surface area (Å²) < 4.78 is 0. The van der Waals surface area contributed by atoms with Crippen LogP contribution in [0.2, 0.25) is 0 Å². The smallest absolute Gasteiger partial charge is 0.228 e. The van der Waals surface area contributed by atoms with Crippen LogP contribution < -0.4 is 5.32 Å². The molecule has 0 saturated carbocycles. The van der Waals surface area contributed by atoms with E-state index in [-0.39, 0.29) is 11.8 Å². The fourth-order valence-corrected chi connectivity index (χ4v) is 2.33. The maximum absolute atomic E-state index is 12.1. The minimum atomic E-state index is 0.143. The average molecular weight is 232 g/mol. The minimum Gasteiger partial charge on any atom is -0.326 e. The summed E-state index contributed by atoms with van der Waals surface area (Å²) in [5.41, 5.74) is 2.17. The summed E-state index contributed by atoms with van der Waals surface area (Å²) in [4.78, 5) is 14.3. The molecule has 0 radical (unpaired) electrons. The molecule has 0 spiro atoms. The van der Waals surface area contributed by atoms with Gasteiger partial charge in [0.1, 0.15) is 0 Å². The van der Waals surface area contributed by atoms with Crippen molar-refractivity contribution in [1.29, 1.82) is 0 Å². The number of nitrogens with one attached hydrogen (secondary N) is 1. The summed E-state index contributed by atoms with van der Waals surface area (Å²) >= 11 is 0. The molecule has 2 rings (SSSR count). The summed E-state index contributed by atoms with van der Waals surface area (Å²) in [7, 11) is 2.06. The molecule has 0 aliphatic carbocycles. The lowest BCUT2D eigenvalue weighted by Gasteiger charge is -2.13. The van der Waals surface area contributed by atoms with Gasteiger partial charge in [0.2, 0.25) is 5.91 Å². The van der Waals surface area contributed by atoms with Crippen molar-refractivity contribution in [3.63, 3.8) is 0 Å². The summed E-state index contributed by atoms with van der Waals surface area (Å²) in [5, 5.41) is 3.06. The van der Waals surface area contributed by atoms with Crippen molar-refractivity contribution in [2.75, 3.05) is 25.5 Å². The molecule has 1 aliphatic heterocycles. The maximum atomic E-state index is 12.1. The second-order valence-corrected chi connectivity index (χ2v) is 4.75. The molecular formula is C14H20N2O. The standard InChI is InChI=1S/C14H20N2O/c1-3-11-6-4-5-7-13(11)15-14(17)12-8-9-16(2)10-12/h4-7,12H,3,8-10H2,1-2H3,(H,15,17). The van der Waals surface area contributed by atoms with Gasteiger partial charge in [0.25, 0.3) is 0 Å². The molecule has 0 bridgehead atoms. The second kappa shape index (κ2) is 5.32. The van der Waals surface area contributed by atoms with E-state index in [1.807, 2.05) is 18.2 Å². The Morgan fingerprint density at radius 1 is 1.47 bits per heavy atom. The predicted molar refractivity (Wildman–Crippen MR) is 70.1 cm³/mol. The summed E-state index contributed by atoms with van der Waals surface area (Å²) in [6.07, 6.45) is 1.91. The lowest BCUT2D eigenvalue weighted by atomic mass is 10.1. The SMILES string of the molecule is CCc1ccccc1NC(=O)C1CCN(C)C1. The molecule has 1 fully saturated rings. The van der Waals surface area contributed by atoms with Crippen molar-refractivity contribution >= 4 is 11.6 Å². The Labute approximate surface area is 103 Å². The van der Waals surface area contributed by atoms with E-state index in [4.69, 9.17) is 0 Å². The van der Waals surface area contributed by atoms with Gasteiger partial charge in [0, 0.05) is 12.2 Å². The molecule has 17 heavy (non-hydrogen) atoms. The van der Waals surface area contributed by atoms with Crippen molar-refractivity contribution in [2.24, 2.45) is 5.92 Å². The lowest BCUT2D eigenvalue weighted by molar-refractivity contribution is -0.119. The Bertz CT molecular complexity index is 403. The summed E-state index contributed by atoms with van der Waals surface area (Å²) in [5.74, 6) is 0.306. The van der Waals surface area contributed by atoms with Gasteiger partial charge in [-0.15, -0.1) is 0 Å². The first-order chi connectivity index (χ1) is 8.20. The summed E-state index contributed by atoms with van der Waals surface area (Å²) in [6, 6.07) is 8.03. The number of likely N-dealkylation sites (tertiary alicyclic amines) is 1. The molecular weight excluding hydrogens is 212 g/mol. The van der Waals surface area contributed by atoms with E-state index in [1.54, 1.807) is 0 Å². The molecule has 0 aromatic heterocycles. The minimum absolute atomic E-state index is 0.143. The molecule has 1 atom stereocenters. The zero-order chi connectivity index (χ0) is 12.3. The van der Waals surface area contributed by atoms with Gasteiger partial charge in [-0.3, -0.25) is 4.79 Å². The number of hydrogen-bond acceptors (Lipinski definition) is 2. The fraction of sp³-hybridized carbons (Fsp3) is 0.500. The molecule has 1 N–H and O–H groups in total. The molecule has 1 unspecified atom stereocenters. The highest BCUT2D eigenvalue weighted by Gasteiger charge is 2.26. The zero-order valence-corrected chi connectivity index (χ0v) is 10.6. The number of anilines is 1. The number of amides is 1. The van der Waals surface area contributed by atoms with Crippen LogP contribution in [0.5, 0.6) is 0 Å². The first-order valence-electron chi connectivity index (χ1n) is 6.28. The first-order valence-corrected chi connectivity index (χ1v) is 6.28. The number of carbonyl (C=O) groups excluding carboxylic acids is 1. The molecule has 1 heterocycles. The van der Waals surface area contributed by atoms with Crippen LogP contribution in [0.15, 0.2) is 24.3 Å². The second-order valence-electron chi connectivity index (χ2n) is 4.75. The molecule has 1 saturated heterocycles. The van der Waals surface area contributed by atoms with Gasteiger partial charge in [0.15, 0.2) is 0 Å². The van der Waals surface area contributed by atoms with Gasteiger partial charge in [-0.05, 0) is 38.1 Å². The van der Waals surface area contributed by atoms with E-state index >= 15 is 0 Å². The number of rotatable bonds is 3. The normalized spacial score (nSPS) is 20.5. The highest BCUT2D eigenvalue weighted by Crippen LogP contribution is 2.20. The Hall–Kier alpha value is -1.35. The van der Waals surface area contributed by atoms with Crippen LogP contribution in [0.25, 0.3) is 0 Å². The van der Waals surface area contributed by atoms with E-state index in [1.165, 1.54) is 5.56 Å². The van der Waals surface area contributed by atoms with Gasteiger partial charge in [-0.2, -0.15) is 0 Å². The average Bonchev–Trinajstić information content (AvgIpc) is 2.77. The number of carbonyl (C=O) groups is 1.